The van der Waals surface area contributed by atoms with Crippen molar-refractivity contribution in [2.75, 3.05) is 10.6 Å². The predicted molar refractivity (Wildman–Crippen MR) is 164 cm³/mol. The molecular formula is C34H31N5O4+2. The molecule has 5 aromatic rings. The number of nitro groups is 1. The Morgan fingerprint density at radius 3 is 1.47 bits per heavy atom. The summed E-state index contributed by atoms with van der Waals surface area (Å²) in [5.41, 5.74) is 4.54. The van der Waals surface area contributed by atoms with Crippen molar-refractivity contribution < 1.29 is 23.6 Å². The van der Waals surface area contributed by atoms with E-state index >= 15 is 0 Å². The van der Waals surface area contributed by atoms with E-state index in [-0.39, 0.29) is 11.1 Å². The van der Waals surface area contributed by atoms with Gasteiger partial charge in [0.05, 0.1) is 4.92 Å². The topological polar surface area (TPSA) is 109 Å². The molecule has 0 fully saturated rings. The first-order valence-electron chi connectivity index (χ1n) is 13.9. The molecule has 5 rings (SSSR count). The SMILES string of the molecule is CC[n+]1ccc(-c2ccc(NC(=O)c3ccc(C(=O)Nc4ccc(-c5cc[n+](CC)cc5)cc4)c([N+](=O)[O-])c3)cc2)cc1. The number of anilines is 2. The number of hydrogen-bond acceptors (Lipinski definition) is 4. The van der Waals surface area contributed by atoms with Crippen LogP contribution < -0.4 is 19.8 Å². The van der Waals surface area contributed by atoms with Gasteiger partial charge in [-0.3, -0.25) is 19.7 Å². The zero-order chi connectivity index (χ0) is 30.3. The number of hydrogen-bond donors (Lipinski definition) is 2. The fourth-order valence-corrected chi connectivity index (χ4v) is 4.63. The highest BCUT2D eigenvalue weighted by Gasteiger charge is 2.23. The van der Waals surface area contributed by atoms with Crippen LogP contribution in [-0.2, 0) is 13.1 Å². The molecule has 43 heavy (non-hydrogen) atoms. The van der Waals surface area contributed by atoms with Crippen molar-refractivity contribution in [1.29, 1.82) is 0 Å². The van der Waals surface area contributed by atoms with Gasteiger partial charge in [0.2, 0.25) is 0 Å². The molecule has 0 saturated carbocycles. The molecule has 0 spiro atoms. The fourth-order valence-electron chi connectivity index (χ4n) is 4.63. The Bertz CT molecular complexity index is 1770. The normalized spacial score (nSPS) is 10.7. The molecule has 0 radical (unpaired) electrons. The van der Waals surface area contributed by atoms with Crippen LogP contribution >= 0.6 is 0 Å². The molecule has 214 valence electrons. The molecule has 9 heteroatoms. The van der Waals surface area contributed by atoms with Crippen LogP contribution in [0.25, 0.3) is 22.3 Å². The summed E-state index contributed by atoms with van der Waals surface area (Å²) >= 11 is 0. The number of amides is 2. The van der Waals surface area contributed by atoms with Crippen LogP contribution in [0.1, 0.15) is 34.6 Å². The standard InChI is InChI=1S/C34H29N5O4/c1-3-37-19-15-26(16-20-37)24-5-10-29(11-6-24)35-33(40)28-9-14-31(32(23-28)39(42)43)34(41)36-30-12-7-25(8-13-30)27-17-21-38(4-2)22-18-27/h5-23H,3-4H2,1-2H3/p+2. The van der Waals surface area contributed by atoms with Crippen LogP contribution in [0.5, 0.6) is 0 Å². The second kappa shape index (κ2) is 12.9. The zero-order valence-electron chi connectivity index (χ0n) is 23.9. The van der Waals surface area contributed by atoms with E-state index in [1.165, 1.54) is 12.1 Å². The van der Waals surface area contributed by atoms with E-state index in [0.29, 0.717) is 11.4 Å². The molecule has 0 aliphatic rings. The average molecular weight is 574 g/mol. The van der Waals surface area contributed by atoms with E-state index in [0.717, 1.165) is 41.4 Å². The van der Waals surface area contributed by atoms with Crippen molar-refractivity contribution in [1.82, 2.24) is 0 Å². The molecule has 0 saturated heterocycles. The van der Waals surface area contributed by atoms with Crippen LogP contribution in [0.4, 0.5) is 17.1 Å². The number of nitrogens with one attached hydrogen (secondary N) is 2. The van der Waals surface area contributed by atoms with Crippen molar-refractivity contribution in [3.63, 3.8) is 0 Å². The molecule has 0 aliphatic heterocycles. The van der Waals surface area contributed by atoms with Gasteiger partial charge in [-0.25, -0.2) is 9.13 Å². The van der Waals surface area contributed by atoms with E-state index < -0.39 is 22.4 Å². The van der Waals surface area contributed by atoms with E-state index in [2.05, 4.69) is 33.6 Å². The summed E-state index contributed by atoms with van der Waals surface area (Å²) in [4.78, 5) is 37.1. The van der Waals surface area contributed by atoms with Gasteiger partial charge in [-0.1, -0.05) is 24.3 Å². The third-order valence-corrected chi connectivity index (χ3v) is 7.17. The Hall–Kier alpha value is -5.70. The van der Waals surface area contributed by atoms with Gasteiger partial charge in [0.15, 0.2) is 24.8 Å². The van der Waals surface area contributed by atoms with E-state index in [1.807, 2.05) is 73.3 Å². The number of aryl methyl sites for hydroxylation is 2. The van der Waals surface area contributed by atoms with Crippen LogP contribution in [-0.4, -0.2) is 16.7 Å². The highest BCUT2D eigenvalue weighted by molar-refractivity contribution is 6.09. The van der Waals surface area contributed by atoms with Gasteiger partial charge in [-0.05, 0) is 72.5 Å². The molecule has 0 bridgehead atoms. The first-order chi connectivity index (χ1) is 20.8. The van der Waals surface area contributed by atoms with Crippen molar-refractivity contribution >= 4 is 28.9 Å². The Morgan fingerprint density at radius 1 is 0.628 bits per heavy atom. The molecule has 2 heterocycles. The molecular weight excluding hydrogens is 542 g/mol. The highest BCUT2D eigenvalue weighted by Crippen LogP contribution is 2.25. The molecule has 0 aliphatic carbocycles. The van der Waals surface area contributed by atoms with Crippen LogP contribution in [0, 0.1) is 10.1 Å². The highest BCUT2D eigenvalue weighted by atomic mass is 16.6. The Kier molecular flexibility index (Phi) is 8.62. The zero-order valence-corrected chi connectivity index (χ0v) is 23.9. The molecule has 0 atom stereocenters. The lowest BCUT2D eigenvalue weighted by atomic mass is 10.1. The Balaban J connectivity index is 1.26. The quantitative estimate of drug-likeness (QED) is 0.127. The Morgan fingerprint density at radius 2 is 1.05 bits per heavy atom. The largest absolute Gasteiger partial charge is 0.322 e. The molecule has 2 aromatic heterocycles. The van der Waals surface area contributed by atoms with Crippen molar-refractivity contribution in [2.45, 2.75) is 26.9 Å². The maximum absolute atomic E-state index is 13.0. The molecule has 2 N–H and O–H groups in total. The van der Waals surface area contributed by atoms with Gasteiger partial charge < -0.3 is 10.6 Å². The van der Waals surface area contributed by atoms with Gasteiger partial charge in [0, 0.05) is 47.3 Å². The van der Waals surface area contributed by atoms with Crippen molar-refractivity contribution in [3.8, 4) is 22.3 Å². The maximum atomic E-state index is 13.0. The summed E-state index contributed by atoms with van der Waals surface area (Å²) in [6, 6.07) is 26.4. The number of carbonyl (C=O) groups is 2. The van der Waals surface area contributed by atoms with Gasteiger partial charge in [0.25, 0.3) is 17.5 Å². The predicted octanol–water partition coefficient (Wildman–Crippen LogP) is 6.05. The average Bonchev–Trinajstić information content (AvgIpc) is 3.05. The summed E-state index contributed by atoms with van der Waals surface area (Å²) < 4.78 is 4.13. The lowest BCUT2D eigenvalue weighted by Gasteiger charge is -2.10. The molecule has 9 nitrogen and oxygen atoms in total. The molecule has 3 aromatic carbocycles. The smallest absolute Gasteiger partial charge is 0.282 e. The minimum absolute atomic E-state index is 0.0658. The van der Waals surface area contributed by atoms with E-state index in [9.17, 15) is 19.7 Å². The summed E-state index contributed by atoms with van der Waals surface area (Å²) in [6.45, 7) is 5.90. The summed E-state index contributed by atoms with van der Waals surface area (Å²) in [5.74, 6) is -1.16. The van der Waals surface area contributed by atoms with Crippen LogP contribution in [0.15, 0.2) is 116 Å². The second-order valence-electron chi connectivity index (χ2n) is 9.89. The van der Waals surface area contributed by atoms with E-state index in [1.54, 1.807) is 24.3 Å². The minimum Gasteiger partial charge on any atom is -0.322 e. The number of nitro benzene ring substituents is 1. The van der Waals surface area contributed by atoms with Gasteiger partial charge >= 0.3 is 0 Å². The summed E-state index contributed by atoms with van der Waals surface area (Å²) in [7, 11) is 0. The first kappa shape index (κ1) is 28.8. The van der Waals surface area contributed by atoms with Crippen molar-refractivity contribution in [3.05, 3.63) is 137 Å². The maximum Gasteiger partial charge on any atom is 0.282 e. The first-order valence-corrected chi connectivity index (χ1v) is 13.9. The number of carbonyl (C=O) groups excluding carboxylic acids is 2. The van der Waals surface area contributed by atoms with E-state index in [4.69, 9.17) is 0 Å². The summed E-state index contributed by atoms with van der Waals surface area (Å²) in [6.07, 6.45) is 8.00. The van der Waals surface area contributed by atoms with Gasteiger partial charge in [-0.2, -0.15) is 0 Å². The lowest BCUT2D eigenvalue weighted by Crippen LogP contribution is -2.30. The monoisotopic (exact) mass is 573 g/mol. The third-order valence-electron chi connectivity index (χ3n) is 7.17. The molecule has 0 unspecified atom stereocenters. The number of nitrogens with zero attached hydrogens (tertiary/aromatic N) is 3. The van der Waals surface area contributed by atoms with Gasteiger partial charge in [-0.15, -0.1) is 0 Å². The fraction of sp³-hybridized carbons (Fsp3) is 0.118. The summed E-state index contributed by atoms with van der Waals surface area (Å²) in [5, 5.41) is 17.3. The number of benzene rings is 3. The molecule has 2 amide bonds. The number of rotatable bonds is 9. The van der Waals surface area contributed by atoms with Crippen LogP contribution in [0.3, 0.4) is 0 Å². The Labute approximate surface area is 249 Å². The van der Waals surface area contributed by atoms with Crippen LogP contribution in [0.2, 0.25) is 0 Å². The number of aromatic nitrogens is 2. The van der Waals surface area contributed by atoms with Gasteiger partial charge in [0.1, 0.15) is 18.7 Å². The number of pyridine rings is 2. The van der Waals surface area contributed by atoms with Crippen molar-refractivity contribution in [2.24, 2.45) is 0 Å². The second-order valence-corrected chi connectivity index (χ2v) is 9.89. The third kappa shape index (κ3) is 6.79. The lowest BCUT2D eigenvalue weighted by molar-refractivity contribution is -0.693. The minimum atomic E-state index is -0.663.